The average Bonchev–Trinajstić information content (AvgIpc) is 2.21. The summed E-state index contributed by atoms with van der Waals surface area (Å²) in [5.41, 5.74) is 0.698. The molecule has 0 aromatic carbocycles. The molecule has 2 nitrogen and oxygen atoms in total. The van der Waals surface area contributed by atoms with Crippen LogP contribution in [0.4, 0.5) is 4.39 Å². The minimum atomic E-state index is -0.286. The Morgan fingerprint density at radius 2 is 2.43 bits per heavy atom. The molecule has 0 N–H and O–H groups in total. The third-order valence-electron chi connectivity index (χ3n) is 1.56. The van der Waals surface area contributed by atoms with Gasteiger partial charge in [0.15, 0.2) is 5.82 Å². The van der Waals surface area contributed by atoms with E-state index in [1.54, 1.807) is 18.4 Å². The fraction of sp³-hybridized carbons (Fsp3) is 0.300. The highest BCUT2D eigenvalue weighted by Gasteiger charge is 2.01. The molecule has 0 aliphatic carbocycles. The fourth-order valence-corrected chi connectivity index (χ4v) is 1.38. The van der Waals surface area contributed by atoms with E-state index < -0.39 is 0 Å². The predicted molar refractivity (Wildman–Crippen MR) is 56.6 cm³/mol. The van der Waals surface area contributed by atoms with Crippen molar-refractivity contribution in [2.24, 2.45) is 0 Å². The van der Waals surface area contributed by atoms with Crippen molar-refractivity contribution in [3.05, 3.63) is 30.0 Å². The van der Waals surface area contributed by atoms with Crippen molar-refractivity contribution < 1.29 is 9.13 Å². The van der Waals surface area contributed by atoms with E-state index in [1.165, 1.54) is 18.0 Å². The van der Waals surface area contributed by atoms with Crippen LogP contribution in [0.5, 0.6) is 0 Å². The second-order valence-electron chi connectivity index (χ2n) is 2.50. The van der Waals surface area contributed by atoms with Gasteiger partial charge in [-0.2, -0.15) is 0 Å². The van der Waals surface area contributed by atoms with E-state index in [9.17, 15) is 4.39 Å². The van der Waals surface area contributed by atoms with Gasteiger partial charge in [0.1, 0.15) is 0 Å². The van der Waals surface area contributed by atoms with Gasteiger partial charge < -0.3 is 4.74 Å². The molecule has 14 heavy (non-hydrogen) atoms. The first-order valence-electron chi connectivity index (χ1n) is 4.25. The zero-order valence-electron chi connectivity index (χ0n) is 8.16. The average molecular weight is 213 g/mol. The molecule has 76 valence electrons. The molecule has 0 atom stereocenters. The summed E-state index contributed by atoms with van der Waals surface area (Å²) in [6.07, 6.45) is 6.32. The van der Waals surface area contributed by atoms with Crippen LogP contribution < -0.4 is 0 Å². The van der Waals surface area contributed by atoms with E-state index in [4.69, 9.17) is 4.74 Å². The molecule has 1 aromatic heterocycles. The molecule has 1 heterocycles. The number of hydrogen-bond donors (Lipinski definition) is 0. The first-order valence-corrected chi connectivity index (χ1v) is 5.48. The highest BCUT2D eigenvalue weighted by Crippen LogP contribution is 2.19. The lowest BCUT2D eigenvalue weighted by molar-refractivity contribution is 0.272. The van der Waals surface area contributed by atoms with Crippen LogP contribution in [0.25, 0.3) is 6.08 Å². The Morgan fingerprint density at radius 3 is 3.07 bits per heavy atom. The second-order valence-corrected chi connectivity index (χ2v) is 3.35. The summed E-state index contributed by atoms with van der Waals surface area (Å²) in [5.74, 6) is -0.286. The molecular formula is C10H12FNOS. The molecule has 0 fully saturated rings. The first kappa shape index (κ1) is 11.0. The zero-order chi connectivity index (χ0) is 10.4. The van der Waals surface area contributed by atoms with E-state index in [0.29, 0.717) is 17.2 Å². The predicted octanol–water partition coefficient (Wildman–Crippen LogP) is 2.95. The van der Waals surface area contributed by atoms with Crippen LogP contribution in [0.2, 0.25) is 0 Å². The molecule has 1 aromatic rings. The maximum Gasteiger partial charge on any atom is 0.155 e. The SMILES string of the molecule is CCOC=Cc1cc(SC)c(F)cn1. The number of rotatable bonds is 4. The van der Waals surface area contributed by atoms with Crippen LogP contribution in [-0.2, 0) is 4.74 Å². The zero-order valence-corrected chi connectivity index (χ0v) is 8.97. The minimum absolute atomic E-state index is 0.286. The number of nitrogens with zero attached hydrogens (tertiary/aromatic N) is 1. The molecule has 0 unspecified atom stereocenters. The van der Waals surface area contributed by atoms with E-state index in [2.05, 4.69) is 4.98 Å². The molecule has 1 rings (SSSR count). The minimum Gasteiger partial charge on any atom is -0.501 e. The summed E-state index contributed by atoms with van der Waals surface area (Å²) in [7, 11) is 0. The molecule has 0 saturated heterocycles. The van der Waals surface area contributed by atoms with Crippen molar-refractivity contribution in [2.75, 3.05) is 12.9 Å². The third-order valence-corrected chi connectivity index (χ3v) is 2.32. The van der Waals surface area contributed by atoms with Crippen molar-refractivity contribution in [1.82, 2.24) is 4.98 Å². The van der Waals surface area contributed by atoms with Gasteiger partial charge in [-0.3, -0.25) is 4.98 Å². The summed E-state index contributed by atoms with van der Waals surface area (Å²) in [6.45, 7) is 2.52. The Kier molecular flexibility index (Phi) is 4.46. The van der Waals surface area contributed by atoms with Gasteiger partial charge in [0.2, 0.25) is 0 Å². The topological polar surface area (TPSA) is 22.1 Å². The van der Waals surface area contributed by atoms with Gasteiger partial charge in [-0.15, -0.1) is 11.8 Å². The number of hydrogen-bond acceptors (Lipinski definition) is 3. The van der Waals surface area contributed by atoms with Gasteiger partial charge in [0.25, 0.3) is 0 Å². The Morgan fingerprint density at radius 1 is 1.64 bits per heavy atom. The number of pyridine rings is 1. The van der Waals surface area contributed by atoms with Gasteiger partial charge in [0.05, 0.1) is 24.8 Å². The smallest absolute Gasteiger partial charge is 0.155 e. The summed E-state index contributed by atoms with van der Waals surface area (Å²) in [4.78, 5) is 4.50. The lowest BCUT2D eigenvalue weighted by Crippen LogP contribution is -1.87. The van der Waals surface area contributed by atoms with Crippen LogP contribution in [0.15, 0.2) is 23.4 Å². The molecule has 0 aliphatic heterocycles. The summed E-state index contributed by atoms with van der Waals surface area (Å²) in [6, 6.07) is 1.69. The van der Waals surface area contributed by atoms with E-state index >= 15 is 0 Å². The van der Waals surface area contributed by atoms with Gasteiger partial charge in [-0.05, 0) is 25.3 Å². The monoisotopic (exact) mass is 213 g/mol. The van der Waals surface area contributed by atoms with Gasteiger partial charge in [0, 0.05) is 4.90 Å². The molecule has 0 amide bonds. The van der Waals surface area contributed by atoms with E-state index in [1.807, 2.05) is 13.2 Å². The Balaban J connectivity index is 2.79. The maximum absolute atomic E-state index is 13.0. The van der Waals surface area contributed by atoms with Crippen LogP contribution in [0.3, 0.4) is 0 Å². The van der Waals surface area contributed by atoms with Crippen LogP contribution in [-0.4, -0.2) is 17.8 Å². The Labute approximate surface area is 87.2 Å². The Hall–Kier alpha value is -1.03. The summed E-state index contributed by atoms with van der Waals surface area (Å²) >= 11 is 1.36. The van der Waals surface area contributed by atoms with Crippen molar-refractivity contribution in [3.63, 3.8) is 0 Å². The van der Waals surface area contributed by atoms with Crippen molar-refractivity contribution >= 4 is 17.8 Å². The number of ether oxygens (including phenoxy) is 1. The van der Waals surface area contributed by atoms with Crippen molar-refractivity contribution in [1.29, 1.82) is 0 Å². The molecule has 0 saturated carbocycles. The molecule has 4 heteroatoms. The van der Waals surface area contributed by atoms with Crippen LogP contribution in [0.1, 0.15) is 12.6 Å². The van der Waals surface area contributed by atoms with Crippen molar-refractivity contribution in [2.45, 2.75) is 11.8 Å². The second kappa shape index (κ2) is 5.65. The van der Waals surface area contributed by atoms with E-state index in [-0.39, 0.29) is 5.82 Å². The largest absolute Gasteiger partial charge is 0.501 e. The molecule has 0 bridgehead atoms. The van der Waals surface area contributed by atoms with Gasteiger partial charge in [-0.25, -0.2) is 4.39 Å². The molecule has 0 radical (unpaired) electrons. The fourth-order valence-electron chi connectivity index (χ4n) is 0.897. The molecular weight excluding hydrogens is 201 g/mol. The van der Waals surface area contributed by atoms with Gasteiger partial charge >= 0.3 is 0 Å². The number of halogens is 1. The summed E-state index contributed by atoms with van der Waals surface area (Å²) < 4.78 is 18.0. The third kappa shape index (κ3) is 3.03. The van der Waals surface area contributed by atoms with E-state index in [0.717, 1.165) is 0 Å². The molecule has 0 spiro atoms. The quantitative estimate of drug-likeness (QED) is 0.567. The summed E-state index contributed by atoms with van der Waals surface area (Å²) in [5, 5.41) is 0. The standard InChI is InChI=1S/C10H12FNOS/c1-3-13-5-4-8-6-10(14-2)9(11)7-12-8/h4-7H,3H2,1-2H3. The first-order chi connectivity index (χ1) is 6.77. The van der Waals surface area contributed by atoms with Gasteiger partial charge in [-0.1, -0.05) is 0 Å². The number of aromatic nitrogens is 1. The van der Waals surface area contributed by atoms with Crippen LogP contribution >= 0.6 is 11.8 Å². The van der Waals surface area contributed by atoms with Crippen LogP contribution in [0, 0.1) is 5.82 Å². The van der Waals surface area contributed by atoms with Crippen molar-refractivity contribution in [3.8, 4) is 0 Å². The maximum atomic E-state index is 13.0. The normalized spacial score (nSPS) is 10.8. The Bertz CT molecular complexity index is 328. The molecule has 0 aliphatic rings. The highest BCUT2D eigenvalue weighted by molar-refractivity contribution is 7.98. The highest BCUT2D eigenvalue weighted by atomic mass is 32.2. The lowest BCUT2D eigenvalue weighted by Gasteiger charge is -1.99. The lowest BCUT2D eigenvalue weighted by atomic mass is 10.3. The number of thioether (sulfide) groups is 1.